The van der Waals surface area contributed by atoms with E-state index in [0.717, 1.165) is 6.42 Å². The van der Waals surface area contributed by atoms with Crippen molar-refractivity contribution < 1.29 is 14.0 Å². The molecule has 0 bridgehead atoms. The van der Waals surface area contributed by atoms with E-state index in [4.69, 9.17) is 4.42 Å². The van der Waals surface area contributed by atoms with Gasteiger partial charge < -0.3 is 9.25 Å². The van der Waals surface area contributed by atoms with Crippen molar-refractivity contribution in [3.05, 3.63) is 11.8 Å². The standard InChI is InChI=1S/C12H17N3O3/c1-7(2)10(15-17-3)11(16)12-14-13-9(18-12)6-8-4-5-8/h7-8H,4-6H2,1-3H3/b15-10-. The van der Waals surface area contributed by atoms with Crippen molar-refractivity contribution in [2.75, 3.05) is 7.11 Å². The summed E-state index contributed by atoms with van der Waals surface area (Å²) in [5, 5.41) is 11.4. The molecule has 1 aromatic heterocycles. The molecule has 1 aliphatic carbocycles. The number of oxime groups is 1. The topological polar surface area (TPSA) is 77.6 Å². The van der Waals surface area contributed by atoms with Gasteiger partial charge in [0.25, 0.3) is 11.7 Å². The van der Waals surface area contributed by atoms with Crippen LogP contribution in [0.2, 0.25) is 0 Å². The molecule has 0 saturated heterocycles. The summed E-state index contributed by atoms with van der Waals surface area (Å²) in [7, 11) is 1.40. The fourth-order valence-corrected chi connectivity index (χ4v) is 1.61. The van der Waals surface area contributed by atoms with Crippen LogP contribution in [-0.2, 0) is 11.3 Å². The van der Waals surface area contributed by atoms with Gasteiger partial charge >= 0.3 is 0 Å². The molecule has 0 N–H and O–H groups in total. The van der Waals surface area contributed by atoms with Crippen LogP contribution in [0.1, 0.15) is 43.3 Å². The summed E-state index contributed by atoms with van der Waals surface area (Å²) in [6, 6.07) is 0. The van der Waals surface area contributed by atoms with Gasteiger partial charge in [0.15, 0.2) is 0 Å². The molecular formula is C12H17N3O3. The van der Waals surface area contributed by atoms with Crippen LogP contribution in [0.15, 0.2) is 9.57 Å². The fourth-order valence-electron chi connectivity index (χ4n) is 1.61. The van der Waals surface area contributed by atoms with Crippen molar-refractivity contribution >= 4 is 11.5 Å². The highest BCUT2D eigenvalue weighted by Crippen LogP contribution is 2.32. The van der Waals surface area contributed by atoms with E-state index in [1.54, 1.807) is 0 Å². The zero-order valence-electron chi connectivity index (χ0n) is 10.8. The molecular weight excluding hydrogens is 234 g/mol. The molecule has 0 amide bonds. The van der Waals surface area contributed by atoms with Crippen LogP contribution >= 0.6 is 0 Å². The maximum atomic E-state index is 12.1. The van der Waals surface area contributed by atoms with E-state index in [1.165, 1.54) is 20.0 Å². The van der Waals surface area contributed by atoms with Crippen LogP contribution < -0.4 is 0 Å². The quantitative estimate of drug-likeness (QED) is 0.438. The van der Waals surface area contributed by atoms with Gasteiger partial charge in [-0.15, -0.1) is 10.2 Å². The Balaban J connectivity index is 2.11. The molecule has 0 radical (unpaired) electrons. The Morgan fingerprint density at radius 1 is 1.50 bits per heavy atom. The fraction of sp³-hybridized carbons (Fsp3) is 0.667. The summed E-state index contributed by atoms with van der Waals surface area (Å²) < 4.78 is 5.37. The summed E-state index contributed by atoms with van der Waals surface area (Å²) >= 11 is 0. The van der Waals surface area contributed by atoms with Gasteiger partial charge in [0.1, 0.15) is 12.8 Å². The largest absolute Gasteiger partial charge is 0.418 e. The average molecular weight is 251 g/mol. The predicted molar refractivity (Wildman–Crippen MR) is 64.3 cm³/mol. The van der Waals surface area contributed by atoms with Crippen LogP contribution in [-0.4, -0.2) is 28.8 Å². The van der Waals surface area contributed by atoms with Crippen molar-refractivity contribution in [1.82, 2.24) is 10.2 Å². The van der Waals surface area contributed by atoms with Crippen LogP contribution in [0.4, 0.5) is 0 Å². The number of nitrogens with zero attached hydrogens (tertiary/aromatic N) is 3. The van der Waals surface area contributed by atoms with E-state index in [0.29, 0.717) is 17.5 Å². The number of carbonyl (C=O) groups excluding carboxylic acids is 1. The number of ketones is 1. The van der Waals surface area contributed by atoms with E-state index in [2.05, 4.69) is 20.2 Å². The number of Topliss-reactive ketones (excluding diaryl/α,β-unsaturated/α-hetero) is 1. The van der Waals surface area contributed by atoms with Gasteiger partial charge in [-0.2, -0.15) is 0 Å². The lowest BCUT2D eigenvalue weighted by Crippen LogP contribution is -2.21. The highest BCUT2D eigenvalue weighted by molar-refractivity contribution is 6.45. The lowest BCUT2D eigenvalue weighted by atomic mass is 10.0. The Hall–Kier alpha value is -1.72. The third kappa shape index (κ3) is 2.94. The molecule has 1 heterocycles. The monoisotopic (exact) mass is 251 g/mol. The molecule has 1 fully saturated rings. The number of hydrogen-bond donors (Lipinski definition) is 0. The first-order chi connectivity index (χ1) is 8.61. The molecule has 0 aromatic carbocycles. The van der Waals surface area contributed by atoms with Crippen LogP contribution in [0.25, 0.3) is 0 Å². The summed E-state index contributed by atoms with van der Waals surface area (Å²) in [5.74, 6) is 0.750. The third-order valence-electron chi connectivity index (χ3n) is 2.79. The van der Waals surface area contributed by atoms with Crippen molar-refractivity contribution in [1.29, 1.82) is 0 Å². The normalized spacial score (nSPS) is 16.1. The summed E-state index contributed by atoms with van der Waals surface area (Å²) in [6.07, 6.45) is 3.17. The SMILES string of the molecule is CO/N=C(\C(=O)c1nnc(CC2CC2)o1)C(C)C. The molecule has 0 unspecified atom stereocenters. The zero-order chi connectivity index (χ0) is 13.1. The van der Waals surface area contributed by atoms with Crippen molar-refractivity contribution in [2.24, 2.45) is 17.0 Å². The first kappa shape index (κ1) is 12.7. The molecule has 0 spiro atoms. The average Bonchev–Trinajstić information content (AvgIpc) is 3.01. The minimum atomic E-state index is -0.360. The molecule has 0 aliphatic heterocycles. The first-order valence-electron chi connectivity index (χ1n) is 6.10. The highest BCUT2D eigenvalue weighted by atomic mass is 16.6. The number of aromatic nitrogens is 2. The summed E-state index contributed by atoms with van der Waals surface area (Å²) in [5.41, 5.74) is 0.291. The number of hydrogen-bond acceptors (Lipinski definition) is 6. The maximum Gasteiger partial charge on any atom is 0.290 e. The second kappa shape index (κ2) is 5.29. The van der Waals surface area contributed by atoms with Gasteiger partial charge in [0, 0.05) is 12.3 Å². The van der Waals surface area contributed by atoms with Crippen molar-refractivity contribution in [3.8, 4) is 0 Å². The minimum absolute atomic E-state index is 0.00449. The smallest absolute Gasteiger partial charge is 0.290 e. The minimum Gasteiger partial charge on any atom is -0.418 e. The van der Waals surface area contributed by atoms with E-state index in [9.17, 15) is 4.79 Å². The second-order valence-electron chi connectivity index (χ2n) is 4.79. The van der Waals surface area contributed by atoms with Gasteiger partial charge in [-0.1, -0.05) is 19.0 Å². The van der Waals surface area contributed by atoms with Crippen LogP contribution in [0.5, 0.6) is 0 Å². The van der Waals surface area contributed by atoms with Crippen molar-refractivity contribution in [2.45, 2.75) is 33.1 Å². The molecule has 6 nitrogen and oxygen atoms in total. The van der Waals surface area contributed by atoms with Gasteiger partial charge in [-0.05, 0) is 18.8 Å². The van der Waals surface area contributed by atoms with E-state index >= 15 is 0 Å². The van der Waals surface area contributed by atoms with E-state index < -0.39 is 0 Å². The lowest BCUT2D eigenvalue weighted by Gasteiger charge is -2.04. The molecule has 6 heteroatoms. The summed E-state index contributed by atoms with van der Waals surface area (Å²) in [6.45, 7) is 3.72. The predicted octanol–water partition coefficient (Wildman–Crippen LogP) is 1.86. The Morgan fingerprint density at radius 2 is 2.22 bits per heavy atom. The van der Waals surface area contributed by atoms with Gasteiger partial charge in [0.05, 0.1) is 0 Å². The lowest BCUT2D eigenvalue weighted by molar-refractivity contribution is 0.102. The Bertz CT molecular complexity index is 461. The maximum absolute atomic E-state index is 12.1. The molecule has 1 aliphatic rings. The molecule has 18 heavy (non-hydrogen) atoms. The molecule has 0 atom stereocenters. The van der Waals surface area contributed by atoms with Crippen LogP contribution in [0, 0.1) is 11.8 Å². The number of rotatable bonds is 6. The zero-order valence-corrected chi connectivity index (χ0v) is 10.8. The molecule has 2 rings (SSSR count). The van der Waals surface area contributed by atoms with Gasteiger partial charge in [-0.25, -0.2) is 0 Å². The van der Waals surface area contributed by atoms with E-state index in [1.807, 2.05) is 13.8 Å². The van der Waals surface area contributed by atoms with Crippen LogP contribution in [0.3, 0.4) is 0 Å². The Kier molecular flexibility index (Phi) is 3.74. The van der Waals surface area contributed by atoms with Gasteiger partial charge in [-0.3, -0.25) is 4.79 Å². The molecule has 1 saturated carbocycles. The highest BCUT2D eigenvalue weighted by Gasteiger charge is 2.27. The summed E-state index contributed by atoms with van der Waals surface area (Å²) in [4.78, 5) is 16.8. The number of carbonyl (C=O) groups is 1. The third-order valence-corrected chi connectivity index (χ3v) is 2.79. The van der Waals surface area contributed by atoms with Crippen molar-refractivity contribution in [3.63, 3.8) is 0 Å². The second-order valence-corrected chi connectivity index (χ2v) is 4.79. The Labute approximate surface area is 105 Å². The Morgan fingerprint density at radius 3 is 2.78 bits per heavy atom. The van der Waals surface area contributed by atoms with Gasteiger partial charge in [0.2, 0.25) is 5.89 Å². The molecule has 1 aromatic rings. The van der Waals surface area contributed by atoms with E-state index in [-0.39, 0.29) is 17.6 Å². The first-order valence-corrected chi connectivity index (χ1v) is 6.10. The molecule has 98 valence electrons.